The monoisotopic (exact) mass is 426 g/mol. The van der Waals surface area contributed by atoms with Crippen LogP contribution in [0.15, 0.2) is 53.4 Å². The molecule has 2 N–H and O–H groups in total. The van der Waals surface area contributed by atoms with Gasteiger partial charge in [0.05, 0.1) is 10.5 Å². The number of anilines is 1. The van der Waals surface area contributed by atoms with Crippen molar-refractivity contribution < 1.29 is 19.5 Å². The Morgan fingerprint density at radius 3 is 2.41 bits per heavy atom. The van der Waals surface area contributed by atoms with Crippen molar-refractivity contribution in [2.75, 3.05) is 11.9 Å². The maximum atomic E-state index is 12.6. The second-order valence-corrected chi connectivity index (χ2v) is 8.10. The largest absolute Gasteiger partial charge is 0.478 e. The minimum atomic E-state index is -1.03. The summed E-state index contributed by atoms with van der Waals surface area (Å²) in [5.41, 5.74) is 2.68. The quantitative estimate of drug-likeness (QED) is 0.538. The summed E-state index contributed by atoms with van der Waals surface area (Å²) in [7, 11) is 0. The van der Waals surface area contributed by atoms with Crippen LogP contribution in [0.25, 0.3) is 6.08 Å². The van der Waals surface area contributed by atoms with Gasteiger partial charge in [-0.2, -0.15) is 0 Å². The number of carbonyl (C=O) groups is 3. The van der Waals surface area contributed by atoms with E-state index in [1.54, 1.807) is 6.08 Å². The van der Waals surface area contributed by atoms with Crippen LogP contribution in [0.5, 0.6) is 0 Å². The minimum Gasteiger partial charge on any atom is -0.478 e. The first-order chi connectivity index (χ1) is 13.8. The van der Waals surface area contributed by atoms with E-state index >= 15 is 0 Å². The number of nitrogens with one attached hydrogen (secondary N) is 1. The van der Waals surface area contributed by atoms with Gasteiger partial charge in [0.1, 0.15) is 4.32 Å². The van der Waals surface area contributed by atoms with Crippen LogP contribution in [0.2, 0.25) is 0 Å². The summed E-state index contributed by atoms with van der Waals surface area (Å²) in [5, 5.41) is 11.6. The van der Waals surface area contributed by atoms with Crippen molar-refractivity contribution in [2.45, 2.75) is 13.3 Å². The summed E-state index contributed by atoms with van der Waals surface area (Å²) in [6.07, 6.45) is 1.87. The van der Waals surface area contributed by atoms with Crippen molar-refractivity contribution >= 4 is 57.8 Å². The molecular formula is C21H18N2O4S2. The van der Waals surface area contributed by atoms with Gasteiger partial charge in [-0.1, -0.05) is 53.8 Å². The Morgan fingerprint density at radius 2 is 1.79 bits per heavy atom. The zero-order valence-corrected chi connectivity index (χ0v) is 17.2. The molecule has 6 nitrogen and oxygen atoms in total. The number of aryl methyl sites for hydroxylation is 1. The van der Waals surface area contributed by atoms with Gasteiger partial charge in [-0.3, -0.25) is 14.5 Å². The second kappa shape index (κ2) is 9.02. The molecule has 1 heterocycles. The van der Waals surface area contributed by atoms with E-state index in [-0.39, 0.29) is 30.3 Å². The van der Waals surface area contributed by atoms with Gasteiger partial charge in [0.2, 0.25) is 5.91 Å². The molecule has 1 fully saturated rings. The van der Waals surface area contributed by atoms with Crippen LogP contribution in [0.1, 0.15) is 27.9 Å². The first-order valence-corrected chi connectivity index (χ1v) is 10.0. The molecule has 1 aliphatic rings. The number of carboxylic acids is 1. The lowest BCUT2D eigenvalue weighted by molar-refractivity contribution is -0.122. The van der Waals surface area contributed by atoms with Crippen LogP contribution >= 0.6 is 24.0 Å². The molecule has 2 aromatic carbocycles. The third kappa shape index (κ3) is 5.30. The predicted molar refractivity (Wildman–Crippen MR) is 118 cm³/mol. The molecule has 0 aromatic heterocycles. The Bertz CT molecular complexity index is 998. The van der Waals surface area contributed by atoms with Gasteiger partial charge in [-0.25, -0.2) is 4.79 Å². The summed E-state index contributed by atoms with van der Waals surface area (Å²) in [6, 6.07) is 13.7. The zero-order chi connectivity index (χ0) is 21.0. The van der Waals surface area contributed by atoms with Crippen molar-refractivity contribution in [3.05, 3.63) is 70.1 Å². The number of aromatic carboxylic acids is 1. The molecule has 2 amide bonds. The van der Waals surface area contributed by atoms with Gasteiger partial charge in [-0.15, -0.1) is 0 Å². The number of hydrogen-bond acceptors (Lipinski definition) is 5. The molecule has 2 aromatic rings. The van der Waals surface area contributed by atoms with E-state index in [2.05, 4.69) is 5.32 Å². The van der Waals surface area contributed by atoms with Gasteiger partial charge in [-0.05, 0) is 42.8 Å². The number of amides is 2. The van der Waals surface area contributed by atoms with E-state index in [1.807, 2.05) is 31.2 Å². The third-order valence-electron chi connectivity index (χ3n) is 4.23. The number of thiocarbonyl (C=S) groups is 1. The van der Waals surface area contributed by atoms with E-state index in [9.17, 15) is 14.4 Å². The maximum absolute atomic E-state index is 12.6. The number of hydrogen-bond donors (Lipinski definition) is 2. The lowest BCUT2D eigenvalue weighted by atomic mass is 10.1. The summed E-state index contributed by atoms with van der Waals surface area (Å²) in [5.74, 6) is -1.53. The van der Waals surface area contributed by atoms with Crippen molar-refractivity contribution in [2.24, 2.45) is 0 Å². The van der Waals surface area contributed by atoms with Crippen molar-refractivity contribution in [1.82, 2.24) is 4.90 Å². The van der Waals surface area contributed by atoms with Crippen LogP contribution in [-0.2, 0) is 9.59 Å². The van der Waals surface area contributed by atoms with E-state index in [4.69, 9.17) is 17.3 Å². The normalized spacial score (nSPS) is 15.1. The number of thioether (sulfide) groups is 1. The molecule has 0 unspecified atom stereocenters. The molecular weight excluding hydrogens is 408 g/mol. The highest BCUT2D eigenvalue weighted by Gasteiger charge is 2.32. The van der Waals surface area contributed by atoms with E-state index in [0.717, 1.165) is 11.1 Å². The topological polar surface area (TPSA) is 86.7 Å². The maximum Gasteiger partial charge on any atom is 0.335 e. The van der Waals surface area contributed by atoms with Crippen LogP contribution in [0.4, 0.5) is 5.69 Å². The predicted octanol–water partition coefficient (Wildman–Crippen LogP) is 3.92. The van der Waals surface area contributed by atoms with E-state index in [1.165, 1.54) is 40.9 Å². The SMILES string of the molecule is Cc1ccc(/C=C2\SC(=S)N(CCC(=O)Nc3ccc(C(=O)O)cc3)C2=O)cc1. The summed E-state index contributed by atoms with van der Waals surface area (Å²) < 4.78 is 0.423. The average molecular weight is 427 g/mol. The Balaban J connectivity index is 1.57. The van der Waals surface area contributed by atoms with Gasteiger partial charge >= 0.3 is 5.97 Å². The minimum absolute atomic E-state index is 0.0743. The average Bonchev–Trinajstić information content (AvgIpc) is 2.95. The fourth-order valence-electron chi connectivity index (χ4n) is 2.64. The Hall–Kier alpha value is -2.97. The van der Waals surface area contributed by atoms with Crippen LogP contribution in [-0.4, -0.2) is 38.7 Å². The molecule has 0 saturated carbocycles. The molecule has 3 rings (SSSR count). The molecule has 148 valence electrons. The highest BCUT2D eigenvalue weighted by Crippen LogP contribution is 2.32. The lowest BCUT2D eigenvalue weighted by Crippen LogP contribution is -2.31. The van der Waals surface area contributed by atoms with E-state index < -0.39 is 5.97 Å². The van der Waals surface area contributed by atoms with Gasteiger partial charge in [0.15, 0.2) is 0 Å². The van der Waals surface area contributed by atoms with Crippen LogP contribution in [0.3, 0.4) is 0 Å². The molecule has 0 atom stereocenters. The smallest absolute Gasteiger partial charge is 0.335 e. The molecule has 0 aliphatic carbocycles. The van der Waals surface area contributed by atoms with Crippen LogP contribution in [0, 0.1) is 6.92 Å². The first-order valence-electron chi connectivity index (χ1n) is 8.79. The highest BCUT2D eigenvalue weighted by atomic mass is 32.2. The van der Waals surface area contributed by atoms with Crippen molar-refractivity contribution in [1.29, 1.82) is 0 Å². The Morgan fingerprint density at radius 1 is 1.14 bits per heavy atom. The fraction of sp³-hybridized carbons (Fsp3) is 0.143. The van der Waals surface area contributed by atoms with Crippen molar-refractivity contribution in [3.63, 3.8) is 0 Å². The highest BCUT2D eigenvalue weighted by molar-refractivity contribution is 8.26. The van der Waals surface area contributed by atoms with Gasteiger partial charge < -0.3 is 10.4 Å². The third-order valence-corrected chi connectivity index (χ3v) is 5.60. The summed E-state index contributed by atoms with van der Waals surface area (Å²) in [4.78, 5) is 37.6. The number of benzene rings is 2. The standard InChI is InChI=1S/C21H18N2O4S2/c1-13-2-4-14(5-3-13)12-17-19(25)23(21(28)29-17)11-10-18(24)22-16-8-6-15(7-9-16)20(26)27/h2-9,12H,10-11H2,1H3,(H,22,24)(H,26,27)/b17-12-. The number of rotatable bonds is 6. The molecule has 29 heavy (non-hydrogen) atoms. The van der Waals surface area contributed by atoms with Gasteiger partial charge in [0, 0.05) is 18.7 Å². The van der Waals surface area contributed by atoms with Gasteiger partial charge in [0.25, 0.3) is 5.91 Å². The number of nitrogens with zero attached hydrogens (tertiary/aromatic N) is 1. The summed E-state index contributed by atoms with van der Waals surface area (Å²) in [6.45, 7) is 2.17. The molecule has 8 heteroatoms. The fourth-order valence-corrected chi connectivity index (χ4v) is 3.95. The van der Waals surface area contributed by atoms with E-state index in [0.29, 0.717) is 14.9 Å². The molecule has 0 radical (unpaired) electrons. The molecule has 0 bridgehead atoms. The molecule has 1 aliphatic heterocycles. The first kappa shape index (κ1) is 20.8. The number of carbonyl (C=O) groups excluding carboxylic acids is 2. The zero-order valence-electron chi connectivity index (χ0n) is 15.5. The van der Waals surface area contributed by atoms with Crippen LogP contribution < -0.4 is 5.32 Å². The van der Waals surface area contributed by atoms with Crippen molar-refractivity contribution in [3.8, 4) is 0 Å². The Labute approximate surface area is 177 Å². The molecule has 0 spiro atoms. The molecule has 1 saturated heterocycles. The Kier molecular flexibility index (Phi) is 6.46. The summed E-state index contributed by atoms with van der Waals surface area (Å²) >= 11 is 6.51. The second-order valence-electron chi connectivity index (χ2n) is 6.42. The lowest BCUT2D eigenvalue weighted by Gasteiger charge is -2.14. The number of carboxylic acid groups (broad SMARTS) is 1.